The van der Waals surface area contributed by atoms with Crippen molar-refractivity contribution in [1.29, 1.82) is 0 Å². The first kappa shape index (κ1) is 12.5. The van der Waals surface area contributed by atoms with Gasteiger partial charge in [0.1, 0.15) is 0 Å². The largest absolute Gasteiger partial charge is 0.323 e. The highest BCUT2D eigenvalue weighted by molar-refractivity contribution is 9.11. The van der Waals surface area contributed by atoms with Gasteiger partial charge in [-0.1, -0.05) is 0 Å². The van der Waals surface area contributed by atoms with Crippen molar-refractivity contribution in [2.45, 2.75) is 6.92 Å². The topological polar surface area (TPSA) is 62.4 Å². The summed E-state index contributed by atoms with van der Waals surface area (Å²) in [7, 11) is 1.65. The van der Waals surface area contributed by atoms with Crippen LogP contribution in [0.1, 0.15) is 5.56 Å². The molecule has 0 atom stereocenters. The van der Waals surface area contributed by atoms with Gasteiger partial charge in [-0.3, -0.25) is 10.4 Å². The molecule has 1 aromatic carbocycles. The highest BCUT2D eigenvalue weighted by atomic mass is 79.9. The van der Waals surface area contributed by atoms with Crippen LogP contribution in [0.25, 0.3) is 0 Å². The van der Waals surface area contributed by atoms with Gasteiger partial charge in [0, 0.05) is 16.0 Å². The number of benzene rings is 1. The van der Waals surface area contributed by atoms with Crippen LogP contribution in [-0.2, 0) is 0 Å². The van der Waals surface area contributed by atoms with Crippen LogP contribution >= 0.6 is 31.9 Å². The standard InChI is InChI=1S/C9H12Br2N4/c1-5-3-6(10)8(7(11)4-5)14-9(13-2)15-12/h3-4H,12H2,1-2H3,(H2,13,14,15). The van der Waals surface area contributed by atoms with Gasteiger partial charge in [0.2, 0.25) is 5.96 Å². The summed E-state index contributed by atoms with van der Waals surface area (Å²) in [4.78, 5) is 3.93. The fourth-order valence-corrected chi connectivity index (χ4v) is 2.71. The van der Waals surface area contributed by atoms with Gasteiger partial charge in [0.05, 0.1) is 5.69 Å². The number of aryl methyl sites for hydroxylation is 1. The molecule has 15 heavy (non-hydrogen) atoms. The fraction of sp³-hybridized carbons (Fsp3) is 0.222. The molecule has 0 bridgehead atoms. The lowest BCUT2D eigenvalue weighted by atomic mass is 10.2. The van der Waals surface area contributed by atoms with Crippen LogP contribution in [0.2, 0.25) is 0 Å². The smallest absolute Gasteiger partial charge is 0.210 e. The van der Waals surface area contributed by atoms with Crippen LogP contribution in [-0.4, -0.2) is 13.0 Å². The van der Waals surface area contributed by atoms with E-state index in [1.165, 1.54) is 0 Å². The molecule has 0 aliphatic carbocycles. The number of nitrogens with two attached hydrogens (primary N) is 1. The Morgan fingerprint density at radius 3 is 2.27 bits per heavy atom. The molecule has 0 radical (unpaired) electrons. The second-order valence-corrected chi connectivity index (χ2v) is 4.65. The van der Waals surface area contributed by atoms with Gasteiger partial charge in [-0.05, 0) is 56.5 Å². The van der Waals surface area contributed by atoms with Gasteiger partial charge in [-0.2, -0.15) is 0 Å². The number of rotatable bonds is 1. The molecule has 0 saturated heterocycles. The molecule has 0 aromatic heterocycles. The first-order valence-electron chi connectivity index (χ1n) is 4.24. The molecule has 0 amide bonds. The lowest BCUT2D eigenvalue weighted by molar-refractivity contribution is 1.01. The predicted molar refractivity (Wildman–Crippen MR) is 70.9 cm³/mol. The van der Waals surface area contributed by atoms with Crippen LogP contribution in [0, 0.1) is 6.92 Å². The second-order valence-electron chi connectivity index (χ2n) is 2.95. The fourth-order valence-electron chi connectivity index (χ4n) is 1.09. The number of hydrogen-bond acceptors (Lipinski definition) is 2. The Morgan fingerprint density at radius 2 is 1.87 bits per heavy atom. The molecule has 82 valence electrons. The molecule has 4 nitrogen and oxygen atoms in total. The van der Waals surface area contributed by atoms with Crippen LogP contribution in [0.15, 0.2) is 26.1 Å². The summed E-state index contributed by atoms with van der Waals surface area (Å²) in [5.41, 5.74) is 4.52. The summed E-state index contributed by atoms with van der Waals surface area (Å²) in [6.45, 7) is 2.02. The Labute approximate surface area is 106 Å². The van der Waals surface area contributed by atoms with Crippen molar-refractivity contribution in [3.63, 3.8) is 0 Å². The SMILES string of the molecule is CN=C(NN)Nc1c(Br)cc(C)cc1Br. The minimum atomic E-state index is 0.500. The van der Waals surface area contributed by atoms with Crippen molar-refractivity contribution in [3.8, 4) is 0 Å². The number of guanidine groups is 1. The Morgan fingerprint density at radius 1 is 1.33 bits per heavy atom. The molecule has 0 heterocycles. The summed E-state index contributed by atoms with van der Waals surface area (Å²) in [6, 6.07) is 4.02. The van der Waals surface area contributed by atoms with E-state index in [9.17, 15) is 0 Å². The summed E-state index contributed by atoms with van der Waals surface area (Å²) in [6.07, 6.45) is 0. The van der Waals surface area contributed by atoms with E-state index in [-0.39, 0.29) is 0 Å². The Hall–Kier alpha value is -0.590. The van der Waals surface area contributed by atoms with Gasteiger partial charge in [-0.25, -0.2) is 5.84 Å². The van der Waals surface area contributed by atoms with Gasteiger partial charge in [0.25, 0.3) is 0 Å². The average molecular weight is 336 g/mol. The molecule has 0 fully saturated rings. The highest BCUT2D eigenvalue weighted by Gasteiger charge is 2.07. The van der Waals surface area contributed by atoms with E-state index in [1.54, 1.807) is 7.05 Å². The monoisotopic (exact) mass is 334 g/mol. The normalized spacial score (nSPS) is 11.4. The first-order valence-corrected chi connectivity index (χ1v) is 5.83. The maximum absolute atomic E-state index is 5.29. The maximum atomic E-state index is 5.29. The van der Waals surface area contributed by atoms with E-state index in [0.717, 1.165) is 20.2 Å². The number of anilines is 1. The molecule has 0 aliphatic rings. The summed E-state index contributed by atoms with van der Waals surface area (Å²) >= 11 is 6.94. The van der Waals surface area contributed by atoms with Crippen LogP contribution < -0.4 is 16.6 Å². The lowest BCUT2D eigenvalue weighted by Gasteiger charge is -2.12. The van der Waals surface area contributed by atoms with Gasteiger partial charge in [-0.15, -0.1) is 0 Å². The summed E-state index contributed by atoms with van der Waals surface area (Å²) in [5.74, 6) is 5.79. The molecular formula is C9H12Br2N4. The average Bonchev–Trinajstić information content (AvgIpc) is 2.17. The van der Waals surface area contributed by atoms with E-state index < -0.39 is 0 Å². The number of nitrogens with zero attached hydrogens (tertiary/aromatic N) is 1. The number of hydrazine groups is 1. The zero-order chi connectivity index (χ0) is 11.4. The van der Waals surface area contributed by atoms with Crippen molar-refractivity contribution >= 4 is 43.5 Å². The zero-order valence-electron chi connectivity index (χ0n) is 8.44. The van der Waals surface area contributed by atoms with Crippen molar-refractivity contribution in [2.24, 2.45) is 10.8 Å². The maximum Gasteiger partial charge on any atom is 0.210 e. The minimum Gasteiger partial charge on any atom is -0.323 e. The third-order valence-electron chi connectivity index (χ3n) is 1.79. The molecule has 0 saturated carbocycles. The summed E-state index contributed by atoms with van der Waals surface area (Å²) in [5, 5.41) is 3.06. The van der Waals surface area contributed by atoms with E-state index >= 15 is 0 Å². The number of halogens is 2. The first-order chi connectivity index (χ1) is 7.08. The second kappa shape index (κ2) is 5.48. The highest BCUT2D eigenvalue weighted by Crippen LogP contribution is 2.32. The van der Waals surface area contributed by atoms with Gasteiger partial charge in [0.15, 0.2) is 0 Å². The summed E-state index contributed by atoms with van der Waals surface area (Å²) < 4.78 is 1.90. The molecule has 0 unspecified atom stereocenters. The number of nitrogens with one attached hydrogen (secondary N) is 2. The van der Waals surface area contributed by atoms with E-state index in [2.05, 4.69) is 47.6 Å². The predicted octanol–water partition coefficient (Wildman–Crippen LogP) is 2.38. The van der Waals surface area contributed by atoms with Gasteiger partial charge < -0.3 is 5.32 Å². The lowest BCUT2D eigenvalue weighted by Crippen LogP contribution is -2.36. The van der Waals surface area contributed by atoms with Crippen LogP contribution in [0.4, 0.5) is 5.69 Å². The number of hydrogen-bond donors (Lipinski definition) is 3. The molecule has 6 heteroatoms. The van der Waals surface area contributed by atoms with Crippen molar-refractivity contribution < 1.29 is 0 Å². The van der Waals surface area contributed by atoms with E-state index in [0.29, 0.717) is 5.96 Å². The third kappa shape index (κ3) is 3.19. The van der Waals surface area contributed by atoms with Crippen molar-refractivity contribution in [3.05, 3.63) is 26.6 Å². The van der Waals surface area contributed by atoms with Crippen molar-refractivity contribution in [1.82, 2.24) is 5.43 Å². The zero-order valence-corrected chi connectivity index (χ0v) is 11.6. The van der Waals surface area contributed by atoms with Crippen LogP contribution in [0.3, 0.4) is 0 Å². The Kier molecular flexibility index (Phi) is 4.56. The van der Waals surface area contributed by atoms with E-state index in [1.807, 2.05) is 19.1 Å². The quantitative estimate of drug-likeness (QED) is 0.319. The minimum absolute atomic E-state index is 0.500. The third-order valence-corrected chi connectivity index (χ3v) is 3.04. The molecule has 1 rings (SSSR count). The number of aliphatic imine (C=N–C) groups is 1. The molecule has 1 aromatic rings. The van der Waals surface area contributed by atoms with Crippen molar-refractivity contribution in [2.75, 3.05) is 12.4 Å². The van der Waals surface area contributed by atoms with Gasteiger partial charge >= 0.3 is 0 Å². The van der Waals surface area contributed by atoms with Crippen LogP contribution in [0.5, 0.6) is 0 Å². The molecule has 0 aliphatic heterocycles. The Balaban J connectivity index is 3.05. The van der Waals surface area contributed by atoms with E-state index in [4.69, 9.17) is 5.84 Å². The molecular weight excluding hydrogens is 324 g/mol. The Bertz CT molecular complexity index is 367. The molecule has 0 spiro atoms. The molecule has 4 N–H and O–H groups in total.